The van der Waals surface area contributed by atoms with E-state index in [1.165, 1.54) is 11.1 Å². The fraction of sp³-hybridized carbons (Fsp3) is 0.227. The highest BCUT2D eigenvalue weighted by Gasteiger charge is 2.09. The number of rotatable bonds is 7. The molecule has 0 fully saturated rings. The van der Waals surface area contributed by atoms with E-state index >= 15 is 0 Å². The molecule has 0 aliphatic rings. The van der Waals surface area contributed by atoms with Gasteiger partial charge < -0.3 is 10.6 Å². The highest BCUT2D eigenvalue weighted by atomic mass is 16.1. The second-order valence-corrected chi connectivity index (χ2v) is 6.25. The van der Waals surface area contributed by atoms with Gasteiger partial charge in [0.2, 0.25) is 0 Å². The molecule has 5 nitrogen and oxygen atoms in total. The predicted molar refractivity (Wildman–Crippen MR) is 108 cm³/mol. The number of hydrogen-bond donors (Lipinski definition) is 2. The maximum Gasteiger partial charge on any atom is 0.270 e. The van der Waals surface area contributed by atoms with Gasteiger partial charge in [0.25, 0.3) is 5.91 Å². The van der Waals surface area contributed by atoms with E-state index in [-0.39, 0.29) is 5.91 Å². The summed E-state index contributed by atoms with van der Waals surface area (Å²) in [7, 11) is 0. The molecule has 138 valence electrons. The smallest absolute Gasteiger partial charge is 0.270 e. The molecule has 2 N–H and O–H groups in total. The summed E-state index contributed by atoms with van der Waals surface area (Å²) in [6, 6.07) is 13.7. The van der Waals surface area contributed by atoms with Crippen molar-refractivity contribution < 1.29 is 4.79 Å². The molecule has 0 aliphatic heterocycles. The van der Waals surface area contributed by atoms with Crippen molar-refractivity contribution in [2.75, 3.05) is 5.32 Å². The zero-order chi connectivity index (χ0) is 19.1. The van der Waals surface area contributed by atoms with Crippen molar-refractivity contribution in [1.82, 2.24) is 15.3 Å². The van der Waals surface area contributed by atoms with Gasteiger partial charge in [-0.05, 0) is 53.8 Å². The van der Waals surface area contributed by atoms with E-state index in [2.05, 4.69) is 52.6 Å². The fourth-order valence-corrected chi connectivity index (χ4v) is 2.92. The topological polar surface area (TPSA) is 66.9 Å². The third-order valence-corrected chi connectivity index (χ3v) is 4.47. The SMILES string of the molecule is CCc1cccc(CC)c1Nc1ccc(C(=O)NCc2ccncc2)nc1. The molecule has 3 rings (SSSR count). The standard InChI is InChI=1S/C22H24N4O/c1-3-17-6-5-7-18(4-2)21(17)26-19-8-9-20(24-15-19)22(27)25-14-16-10-12-23-13-11-16/h5-13,15,26H,3-4,14H2,1-2H3,(H,25,27). The summed E-state index contributed by atoms with van der Waals surface area (Å²) in [6.45, 7) is 4.75. The van der Waals surface area contributed by atoms with Crippen molar-refractivity contribution in [1.29, 1.82) is 0 Å². The van der Waals surface area contributed by atoms with E-state index in [1.54, 1.807) is 24.7 Å². The normalized spacial score (nSPS) is 10.4. The second kappa shape index (κ2) is 8.94. The first-order valence-corrected chi connectivity index (χ1v) is 9.22. The first-order valence-electron chi connectivity index (χ1n) is 9.22. The average molecular weight is 360 g/mol. The van der Waals surface area contributed by atoms with Crippen LogP contribution in [0.3, 0.4) is 0 Å². The van der Waals surface area contributed by atoms with Crippen LogP contribution in [0.2, 0.25) is 0 Å². The first kappa shape index (κ1) is 18.6. The molecule has 0 atom stereocenters. The number of benzene rings is 1. The minimum absolute atomic E-state index is 0.193. The van der Waals surface area contributed by atoms with Crippen molar-refractivity contribution >= 4 is 17.3 Å². The van der Waals surface area contributed by atoms with Crippen molar-refractivity contribution in [3.05, 3.63) is 83.4 Å². The summed E-state index contributed by atoms with van der Waals surface area (Å²) in [5, 5.41) is 6.34. The molecule has 0 saturated carbocycles. The molecular formula is C22H24N4O. The van der Waals surface area contributed by atoms with Gasteiger partial charge in [-0.2, -0.15) is 0 Å². The minimum atomic E-state index is -0.193. The summed E-state index contributed by atoms with van der Waals surface area (Å²) in [6.07, 6.45) is 7.03. The highest BCUT2D eigenvalue weighted by molar-refractivity contribution is 5.92. The first-order chi connectivity index (χ1) is 13.2. The zero-order valence-electron chi connectivity index (χ0n) is 15.7. The third-order valence-electron chi connectivity index (χ3n) is 4.47. The molecule has 1 aromatic carbocycles. The van der Waals surface area contributed by atoms with Gasteiger partial charge in [-0.3, -0.25) is 9.78 Å². The predicted octanol–water partition coefficient (Wildman–Crippen LogP) is 4.28. The van der Waals surface area contributed by atoms with Gasteiger partial charge in [-0.15, -0.1) is 0 Å². The molecule has 0 bridgehead atoms. The Morgan fingerprint density at radius 1 is 0.963 bits per heavy atom. The van der Waals surface area contributed by atoms with Gasteiger partial charge in [0, 0.05) is 24.6 Å². The van der Waals surface area contributed by atoms with Crippen molar-refractivity contribution in [3.8, 4) is 0 Å². The van der Waals surface area contributed by atoms with E-state index in [4.69, 9.17) is 0 Å². The number of amides is 1. The van der Waals surface area contributed by atoms with E-state index < -0.39 is 0 Å². The molecular weight excluding hydrogens is 336 g/mol. The van der Waals surface area contributed by atoms with Crippen LogP contribution in [0.15, 0.2) is 61.1 Å². The van der Waals surface area contributed by atoms with Crippen LogP contribution in [-0.2, 0) is 19.4 Å². The van der Waals surface area contributed by atoms with Gasteiger partial charge in [0.05, 0.1) is 11.9 Å². The molecule has 0 radical (unpaired) electrons. The Bertz CT molecular complexity index is 870. The molecule has 3 aromatic rings. The van der Waals surface area contributed by atoms with Crippen molar-refractivity contribution in [2.24, 2.45) is 0 Å². The quantitative estimate of drug-likeness (QED) is 0.660. The number of pyridine rings is 2. The molecule has 5 heteroatoms. The van der Waals surface area contributed by atoms with Crippen LogP contribution >= 0.6 is 0 Å². The summed E-state index contributed by atoms with van der Waals surface area (Å²) in [5.74, 6) is -0.193. The lowest BCUT2D eigenvalue weighted by atomic mass is 10.0. The Kier molecular flexibility index (Phi) is 6.15. The van der Waals surface area contributed by atoms with Gasteiger partial charge in [0.1, 0.15) is 5.69 Å². The van der Waals surface area contributed by atoms with E-state index in [0.717, 1.165) is 29.8 Å². The largest absolute Gasteiger partial charge is 0.354 e. The minimum Gasteiger partial charge on any atom is -0.354 e. The van der Waals surface area contributed by atoms with E-state index in [9.17, 15) is 4.79 Å². The number of aryl methyl sites for hydroxylation is 2. The third kappa shape index (κ3) is 4.70. The van der Waals surface area contributed by atoms with Crippen molar-refractivity contribution in [3.63, 3.8) is 0 Å². The van der Waals surface area contributed by atoms with Crippen LogP contribution in [0.4, 0.5) is 11.4 Å². The number of anilines is 2. The van der Waals surface area contributed by atoms with Gasteiger partial charge in [0.15, 0.2) is 0 Å². The summed E-state index contributed by atoms with van der Waals surface area (Å²) in [5.41, 5.74) is 5.95. The highest BCUT2D eigenvalue weighted by Crippen LogP contribution is 2.26. The Balaban J connectivity index is 1.68. The van der Waals surface area contributed by atoms with Crippen LogP contribution in [0.5, 0.6) is 0 Å². The number of nitrogens with one attached hydrogen (secondary N) is 2. The monoisotopic (exact) mass is 360 g/mol. The maximum atomic E-state index is 12.3. The number of hydrogen-bond acceptors (Lipinski definition) is 4. The van der Waals surface area contributed by atoms with Gasteiger partial charge >= 0.3 is 0 Å². The number of para-hydroxylation sites is 1. The molecule has 2 aromatic heterocycles. The lowest BCUT2D eigenvalue weighted by Gasteiger charge is -2.15. The summed E-state index contributed by atoms with van der Waals surface area (Å²) < 4.78 is 0. The number of carbonyl (C=O) groups excluding carboxylic acids is 1. The van der Waals surface area contributed by atoms with E-state index in [1.807, 2.05) is 18.2 Å². The molecule has 0 unspecified atom stereocenters. The van der Waals surface area contributed by atoms with Crippen LogP contribution in [-0.4, -0.2) is 15.9 Å². The van der Waals surface area contributed by atoms with Crippen LogP contribution in [0.1, 0.15) is 41.0 Å². The Labute approximate surface area is 159 Å². The number of aromatic nitrogens is 2. The van der Waals surface area contributed by atoms with Crippen LogP contribution < -0.4 is 10.6 Å². The number of nitrogens with zero attached hydrogens (tertiary/aromatic N) is 2. The van der Waals surface area contributed by atoms with Gasteiger partial charge in [-0.1, -0.05) is 32.0 Å². The average Bonchev–Trinajstić information content (AvgIpc) is 2.73. The molecule has 2 heterocycles. The summed E-state index contributed by atoms with van der Waals surface area (Å²) in [4.78, 5) is 20.6. The molecule has 0 saturated heterocycles. The Morgan fingerprint density at radius 2 is 1.67 bits per heavy atom. The van der Waals surface area contributed by atoms with Crippen LogP contribution in [0.25, 0.3) is 0 Å². The second-order valence-electron chi connectivity index (χ2n) is 6.25. The fourth-order valence-electron chi connectivity index (χ4n) is 2.92. The molecule has 0 spiro atoms. The number of carbonyl (C=O) groups is 1. The van der Waals surface area contributed by atoms with E-state index in [0.29, 0.717) is 12.2 Å². The van der Waals surface area contributed by atoms with Crippen LogP contribution in [0, 0.1) is 0 Å². The molecule has 27 heavy (non-hydrogen) atoms. The maximum absolute atomic E-state index is 12.3. The molecule has 1 amide bonds. The zero-order valence-corrected chi connectivity index (χ0v) is 15.7. The summed E-state index contributed by atoms with van der Waals surface area (Å²) >= 11 is 0. The Hall–Kier alpha value is -3.21. The van der Waals surface area contributed by atoms with Gasteiger partial charge in [-0.25, -0.2) is 4.98 Å². The Morgan fingerprint density at radius 3 is 2.26 bits per heavy atom. The van der Waals surface area contributed by atoms with Crippen molar-refractivity contribution in [2.45, 2.75) is 33.2 Å². The lowest BCUT2D eigenvalue weighted by molar-refractivity contribution is 0.0946. The lowest BCUT2D eigenvalue weighted by Crippen LogP contribution is -2.23. The molecule has 0 aliphatic carbocycles.